The SMILES string of the molecule is N=C1c2c(C(F)(F)F)ncc(OCC(F)F)c2CC1F. The van der Waals surface area contributed by atoms with Gasteiger partial charge in [0.2, 0.25) is 0 Å². The number of rotatable bonds is 3. The number of alkyl halides is 6. The third kappa shape index (κ3) is 2.56. The molecule has 0 saturated heterocycles. The van der Waals surface area contributed by atoms with Crippen molar-refractivity contribution in [2.24, 2.45) is 0 Å². The Hall–Kier alpha value is -1.80. The van der Waals surface area contributed by atoms with Gasteiger partial charge < -0.3 is 10.1 Å². The second-order valence-electron chi connectivity index (χ2n) is 4.11. The van der Waals surface area contributed by atoms with E-state index < -0.39 is 48.8 Å². The highest BCUT2D eigenvalue weighted by Gasteiger charge is 2.43. The van der Waals surface area contributed by atoms with E-state index in [-0.39, 0.29) is 11.3 Å². The van der Waals surface area contributed by atoms with Gasteiger partial charge in [0.1, 0.15) is 18.5 Å². The Morgan fingerprint density at radius 3 is 2.60 bits per heavy atom. The first kappa shape index (κ1) is 14.6. The smallest absolute Gasteiger partial charge is 0.434 e. The van der Waals surface area contributed by atoms with E-state index in [1.807, 2.05) is 0 Å². The van der Waals surface area contributed by atoms with Crippen LogP contribution in [0, 0.1) is 5.41 Å². The van der Waals surface area contributed by atoms with Crippen LogP contribution in [0.15, 0.2) is 6.20 Å². The maximum Gasteiger partial charge on any atom is 0.434 e. The average molecular weight is 298 g/mol. The van der Waals surface area contributed by atoms with E-state index in [4.69, 9.17) is 5.41 Å². The highest BCUT2D eigenvalue weighted by atomic mass is 19.4. The van der Waals surface area contributed by atoms with Crippen LogP contribution in [0.4, 0.5) is 26.3 Å². The minimum absolute atomic E-state index is 0.245. The summed E-state index contributed by atoms with van der Waals surface area (Å²) in [5.41, 5.74) is -3.22. The van der Waals surface area contributed by atoms with Crippen LogP contribution in [0.25, 0.3) is 0 Å². The first-order valence-electron chi connectivity index (χ1n) is 5.44. The van der Waals surface area contributed by atoms with E-state index in [0.29, 0.717) is 6.20 Å². The minimum Gasteiger partial charge on any atom is -0.486 e. The Labute approximate surface area is 109 Å². The van der Waals surface area contributed by atoms with Crippen molar-refractivity contribution in [3.05, 3.63) is 23.0 Å². The zero-order chi connectivity index (χ0) is 15.1. The van der Waals surface area contributed by atoms with Crippen molar-refractivity contribution < 1.29 is 31.1 Å². The van der Waals surface area contributed by atoms with E-state index in [0.717, 1.165) is 0 Å². The lowest BCUT2D eigenvalue weighted by Crippen LogP contribution is -2.17. The van der Waals surface area contributed by atoms with Crippen molar-refractivity contribution in [3.8, 4) is 5.75 Å². The molecule has 1 atom stereocenters. The molecule has 110 valence electrons. The summed E-state index contributed by atoms with van der Waals surface area (Å²) in [7, 11) is 0. The Morgan fingerprint density at radius 1 is 1.40 bits per heavy atom. The van der Waals surface area contributed by atoms with Crippen LogP contribution in [0.5, 0.6) is 5.75 Å². The molecule has 1 aromatic rings. The third-order valence-corrected chi connectivity index (χ3v) is 2.75. The van der Waals surface area contributed by atoms with Crippen molar-refractivity contribution >= 4 is 5.71 Å². The molecule has 1 heterocycles. The monoisotopic (exact) mass is 298 g/mol. The topological polar surface area (TPSA) is 46.0 Å². The van der Waals surface area contributed by atoms with Crippen molar-refractivity contribution in [3.63, 3.8) is 0 Å². The molecule has 20 heavy (non-hydrogen) atoms. The molecule has 9 heteroatoms. The molecular formula is C11H8F6N2O. The van der Waals surface area contributed by atoms with Crippen LogP contribution >= 0.6 is 0 Å². The predicted molar refractivity (Wildman–Crippen MR) is 56.2 cm³/mol. The van der Waals surface area contributed by atoms with E-state index in [1.165, 1.54) is 0 Å². The molecule has 1 aliphatic carbocycles. The summed E-state index contributed by atoms with van der Waals surface area (Å²) in [4.78, 5) is 3.08. The fraction of sp³-hybridized carbons (Fsp3) is 0.455. The Kier molecular flexibility index (Phi) is 3.61. The van der Waals surface area contributed by atoms with Crippen LogP contribution < -0.4 is 4.74 Å². The fourth-order valence-electron chi connectivity index (χ4n) is 1.95. The molecule has 1 aliphatic rings. The molecular weight excluding hydrogens is 290 g/mol. The molecule has 3 nitrogen and oxygen atoms in total. The Balaban J connectivity index is 2.48. The van der Waals surface area contributed by atoms with Gasteiger partial charge in [-0.2, -0.15) is 13.2 Å². The van der Waals surface area contributed by atoms with Gasteiger partial charge in [-0.15, -0.1) is 0 Å². The molecule has 1 unspecified atom stereocenters. The standard InChI is InChI=1S/C11H8F6N2O/c12-5-1-4-6(20-3-7(13)14)2-19-10(11(15,16)17)8(4)9(5)18/h2,5,7,18H,1,3H2. The van der Waals surface area contributed by atoms with E-state index >= 15 is 0 Å². The molecule has 0 radical (unpaired) electrons. The van der Waals surface area contributed by atoms with Gasteiger partial charge in [0.25, 0.3) is 6.43 Å². The first-order valence-corrected chi connectivity index (χ1v) is 5.44. The van der Waals surface area contributed by atoms with Gasteiger partial charge in [-0.05, 0) is 0 Å². The van der Waals surface area contributed by atoms with Crippen LogP contribution in [-0.4, -0.2) is 29.9 Å². The van der Waals surface area contributed by atoms with Crippen molar-refractivity contribution in [1.29, 1.82) is 5.41 Å². The summed E-state index contributed by atoms with van der Waals surface area (Å²) in [6.45, 7) is -1.04. The number of ether oxygens (including phenoxy) is 1. The predicted octanol–water partition coefficient (Wildman–Crippen LogP) is 3.01. The number of halogens is 6. The Bertz CT molecular complexity index is 542. The summed E-state index contributed by atoms with van der Waals surface area (Å²) in [5.74, 6) is -0.349. The van der Waals surface area contributed by atoms with Gasteiger partial charge in [-0.25, -0.2) is 18.2 Å². The number of fused-ring (bicyclic) bond motifs is 1. The number of pyridine rings is 1. The maximum absolute atomic E-state index is 13.4. The quantitative estimate of drug-likeness (QED) is 0.872. The van der Waals surface area contributed by atoms with E-state index in [2.05, 4.69) is 9.72 Å². The normalized spacial score (nSPS) is 18.6. The lowest BCUT2D eigenvalue weighted by atomic mass is 10.1. The van der Waals surface area contributed by atoms with Gasteiger partial charge in [0, 0.05) is 17.5 Å². The number of aromatic nitrogens is 1. The highest BCUT2D eigenvalue weighted by Crippen LogP contribution is 2.39. The third-order valence-electron chi connectivity index (χ3n) is 2.75. The largest absolute Gasteiger partial charge is 0.486 e. The highest BCUT2D eigenvalue weighted by molar-refractivity contribution is 6.07. The van der Waals surface area contributed by atoms with Crippen LogP contribution in [0.3, 0.4) is 0 Å². The van der Waals surface area contributed by atoms with Gasteiger partial charge in [-0.3, -0.25) is 0 Å². The number of hydrogen-bond acceptors (Lipinski definition) is 3. The van der Waals surface area contributed by atoms with Crippen LogP contribution in [0.1, 0.15) is 16.8 Å². The fourth-order valence-corrected chi connectivity index (χ4v) is 1.95. The van der Waals surface area contributed by atoms with Crippen molar-refractivity contribution in [1.82, 2.24) is 4.98 Å². The second-order valence-corrected chi connectivity index (χ2v) is 4.11. The average Bonchev–Trinajstić information content (AvgIpc) is 2.62. The number of hydrogen-bond donors (Lipinski definition) is 1. The van der Waals surface area contributed by atoms with Gasteiger partial charge >= 0.3 is 6.18 Å². The number of nitrogens with one attached hydrogen (secondary N) is 1. The number of nitrogens with zero attached hydrogens (tertiary/aromatic N) is 1. The lowest BCUT2D eigenvalue weighted by Gasteiger charge is -2.14. The molecule has 0 aromatic carbocycles. The molecule has 0 amide bonds. The summed E-state index contributed by atoms with van der Waals surface area (Å²) in [5, 5.41) is 7.35. The Morgan fingerprint density at radius 2 is 2.05 bits per heavy atom. The van der Waals surface area contributed by atoms with Crippen LogP contribution in [0.2, 0.25) is 0 Å². The molecule has 1 aromatic heterocycles. The van der Waals surface area contributed by atoms with Gasteiger partial charge in [0.15, 0.2) is 5.69 Å². The second kappa shape index (κ2) is 4.95. The van der Waals surface area contributed by atoms with Gasteiger partial charge in [-0.1, -0.05) is 0 Å². The first-order chi connectivity index (χ1) is 9.21. The molecule has 0 aliphatic heterocycles. The van der Waals surface area contributed by atoms with Crippen molar-refractivity contribution in [2.45, 2.75) is 25.2 Å². The van der Waals surface area contributed by atoms with Crippen LogP contribution in [-0.2, 0) is 12.6 Å². The lowest BCUT2D eigenvalue weighted by molar-refractivity contribution is -0.141. The molecule has 2 rings (SSSR count). The summed E-state index contributed by atoms with van der Waals surface area (Å²) < 4.78 is 80.4. The van der Waals surface area contributed by atoms with E-state index in [9.17, 15) is 26.3 Å². The summed E-state index contributed by atoms with van der Waals surface area (Å²) >= 11 is 0. The zero-order valence-corrected chi connectivity index (χ0v) is 9.77. The molecule has 1 N–H and O–H groups in total. The zero-order valence-electron chi connectivity index (χ0n) is 9.77. The molecule has 0 fully saturated rings. The molecule has 0 saturated carbocycles. The minimum atomic E-state index is -4.86. The summed E-state index contributed by atoms with van der Waals surface area (Å²) in [6, 6.07) is 0. The molecule has 0 spiro atoms. The van der Waals surface area contributed by atoms with Crippen molar-refractivity contribution in [2.75, 3.05) is 6.61 Å². The molecule has 0 bridgehead atoms. The van der Waals surface area contributed by atoms with Gasteiger partial charge in [0.05, 0.1) is 11.9 Å². The van der Waals surface area contributed by atoms with E-state index in [1.54, 1.807) is 0 Å². The maximum atomic E-state index is 13.4. The summed E-state index contributed by atoms with van der Waals surface area (Å²) in [6.07, 6.45) is -9.49.